The summed E-state index contributed by atoms with van der Waals surface area (Å²) in [7, 11) is 0. The lowest BCUT2D eigenvalue weighted by Gasteiger charge is -2.32. The highest BCUT2D eigenvalue weighted by Crippen LogP contribution is 2.30. The predicted molar refractivity (Wildman–Crippen MR) is 144 cm³/mol. The second kappa shape index (κ2) is 12.1. The molecule has 10 nitrogen and oxygen atoms in total. The molecule has 4 rings (SSSR count). The predicted octanol–water partition coefficient (Wildman–Crippen LogP) is 2.07. The monoisotopic (exact) mass is 514 g/mol. The average Bonchev–Trinajstić information content (AvgIpc) is 3.14. The van der Waals surface area contributed by atoms with Crippen LogP contribution in [0.15, 0.2) is 18.2 Å². The molecule has 0 atom stereocenters. The molecule has 0 unspecified atom stereocenters. The summed E-state index contributed by atoms with van der Waals surface area (Å²) in [5.41, 5.74) is 1.97. The second-order valence-electron chi connectivity index (χ2n) is 11.3. The molecule has 10 heteroatoms. The van der Waals surface area contributed by atoms with Crippen LogP contribution in [0.4, 0.5) is 16.2 Å². The van der Waals surface area contributed by atoms with Gasteiger partial charge in [-0.3, -0.25) is 9.59 Å². The van der Waals surface area contributed by atoms with E-state index in [1.165, 1.54) is 0 Å². The molecular weight excluding hydrogens is 472 g/mol. The Labute approximate surface area is 220 Å². The van der Waals surface area contributed by atoms with Gasteiger partial charge in [0, 0.05) is 77.4 Å². The number of rotatable bonds is 4. The molecule has 3 heterocycles. The topological polar surface area (TPSA) is 97.5 Å². The number of amides is 4. The summed E-state index contributed by atoms with van der Waals surface area (Å²) in [6, 6.07) is 5.70. The molecule has 2 N–H and O–H groups in total. The molecule has 0 aliphatic carbocycles. The number of benzene rings is 1. The maximum Gasteiger partial charge on any atom is 0.320 e. The lowest BCUT2D eigenvalue weighted by molar-refractivity contribution is -0.117. The van der Waals surface area contributed by atoms with Crippen molar-refractivity contribution in [3.63, 3.8) is 0 Å². The Morgan fingerprint density at radius 1 is 0.892 bits per heavy atom. The van der Waals surface area contributed by atoms with Gasteiger partial charge in [0.25, 0.3) is 5.91 Å². The van der Waals surface area contributed by atoms with E-state index in [0.29, 0.717) is 76.7 Å². The van der Waals surface area contributed by atoms with Crippen LogP contribution in [0.5, 0.6) is 0 Å². The minimum absolute atomic E-state index is 0.0162. The number of nitrogens with one attached hydrogen (secondary N) is 2. The van der Waals surface area contributed by atoms with E-state index in [0.717, 1.165) is 31.7 Å². The molecule has 1 aromatic carbocycles. The van der Waals surface area contributed by atoms with Crippen molar-refractivity contribution in [2.75, 3.05) is 88.9 Å². The van der Waals surface area contributed by atoms with Crippen LogP contribution in [-0.2, 0) is 9.53 Å². The van der Waals surface area contributed by atoms with Gasteiger partial charge in [-0.05, 0) is 30.0 Å². The van der Waals surface area contributed by atoms with E-state index in [-0.39, 0.29) is 23.3 Å². The standard InChI is InChI=1S/C27H42N6O4/c1-27(2,3)20-24(34)29-22-19-21(25(35)31-11-7-28-8-12-31)5-6-23(22)30-9-4-10-32(14-13-30)26(36)33-15-17-37-18-16-33/h5-6,19,28H,4,7-18,20H2,1-3H3,(H,29,34). The first-order chi connectivity index (χ1) is 17.7. The normalized spacial score (nSPS) is 19.4. The van der Waals surface area contributed by atoms with Crippen LogP contribution in [0, 0.1) is 5.41 Å². The molecule has 0 aromatic heterocycles. The maximum atomic E-state index is 13.2. The number of ether oxygens (including phenoxy) is 1. The van der Waals surface area contributed by atoms with Crippen LogP contribution in [0.2, 0.25) is 0 Å². The fraction of sp³-hybridized carbons (Fsp3) is 0.667. The fourth-order valence-electron chi connectivity index (χ4n) is 5.08. The van der Waals surface area contributed by atoms with Crippen molar-refractivity contribution in [1.29, 1.82) is 0 Å². The third-order valence-corrected chi connectivity index (χ3v) is 7.00. The van der Waals surface area contributed by atoms with Gasteiger partial charge in [0.15, 0.2) is 0 Å². The van der Waals surface area contributed by atoms with Crippen molar-refractivity contribution < 1.29 is 19.1 Å². The first-order valence-electron chi connectivity index (χ1n) is 13.5. The summed E-state index contributed by atoms with van der Waals surface area (Å²) in [5, 5.41) is 6.38. The van der Waals surface area contributed by atoms with Crippen LogP contribution < -0.4 is 15.5 Å². The van der Waals surface area contributed by atoms with E-state index >= 15 is 0 Å². The first-order valence-corrected chi connectivity index (χ1v) is 13.5. The first kappa shape index (κ1) is 27.2. The zero-order valence-corrected chi connectivity index (χ0v) is 22.6. The van der Waals surface area contributed by atoms with Crippen molar-refractivity contribution >= 4 is 29.2 Å². The number of urea groups is 1. The van der Waals surface area contributed by atoms with Crippen molar-refractivity contribution in [1.82, 2.24) is 20.0 Å². The number of carbonyl (C=O) groups excluding carboxylic acids is 3. The number of nitrogens with zero attached hydrogens (tertiary/aromatic N) is 4. The van der Waals surface area contributed by atoms with E-state index in [1.54, 1.807) is 0 Å². The van der Waals surface area contributed by atoms with Gasteiger partial charge in [0.1, 0.15) is 0 Å². The molecule has 4 amide bonds. The summed E-state index contributed by atoms with van der Waals surface area (Å²) >= 11 is 0. The Kier molecular flexibility index (Phi) is 8.91. The van der Waals surface area contributed by atoms with Crippen LogP contribution in [0.1, 0.15) is 44.0 Å². The lowest BCUT2D eigenvalue weighted by Crippen LogP contribution is -2.49. The summed E-state index contributed by atoms with van der Waals surface area (Å²) in [4.78, 5) is 47.0. The van der Waals surface area contributed by atoms with Crippen molar-refractivity contribution in [2.45, 2.75) is 33.6 Å². The highest BCUT2D eigenvalue weighted by molar-refractivity contribution is 6.00. The highest BCUT2D eigenvalue weighted by atomic mass is 16.5. The SMILES string of the molecule is CC(C)(C)CC(=O)Nc1cc(C(=O)N2CCNCC2)ccc1N1CCCN(C(=O)N2CCOCC2)CC1. The fourth-order valence-corrected chi connectivity index (χ4v) is 5.08. The second-order valence-corrected chi connectivity index (χ2v) is 11.3. The van der Waals surface area contributed by atoms with Gasteiger partial charge in [0.2, 0.25) is 5.91 Å². The Morgan fingerprint density at radius 2 is 1.59 bits per heavy atom. The van der Waals surface area contributed by atoms with E-state index in [4.69, 9.17) is 4.74 Å². The number of hydrogen-bond acceptors (Lipinski definition) is 6. The summed E-state index contributed by atoms with van der Waals surface area (Å²) < 4.78 is 5.39. The molecule has 3 aliphatic rings. The Bertz CT molecular complexity index is 966. The molecule has 37 heavy (non-hydrogen) atoms. The van der Waals surface area contributed by atoms with Crippen molar-refractivity contribution in [3.8, 4) is 0 Å². The molecule has 0 radical (unpaired) electrons. The molecule has 0 bridgehead atoms. The van der Waals surface area contributed by atoms with Gasteiger partial charge in [-0.2, -0.15) is 0 Å². The number of anilines is 2. The number of carbonyl (C=O) groups is 3. The van der Waals surface area contributed by atoms with Crippen LogP contribution in [-0.4, -0.2) is 111 Å². The molecule has 3 aliphatic heterocycles. The molecular formula is C27H42N6O4. The number of piperazine rings is 1. The average molecular weight is 515 g/mol. The minimum Gasteiger partial charge on any atom is -0.378 e. The van der Waals surface area contributed by atoms with Gasteiger partial charge < -0.3 is 35.0 Å². The van der Waals surface area contributed by atoms with Crippen LogP contribution >= 0.6 is 0 Å². The zero-order chi connectivity index (χ0) is 26.4. The van der Waals surface area contributed by atoms with Gasteiger partial charge in [0.05, 0.1) is 24.6 Å². The maximum absolute atomic E-state index is 13.2. The van der Waals surface area contributed by atoms with Gasteiger partial charge >= 0.3 is 6.03 Å². The van der Waals surface area contributed by atoms with Gasteiger partial charge in [-0.25, -0.2) is 4.79 Å². The Hall–Kier alpha value is -2.85. The minimum atomic E-state index is -0.151. The van der Waals surface area contributed by atoms with Crippen molar-refractivity contribution in [2.24, 2.45) is 5.41 Å². The molecule has 204 valence electrons. The number of hydrogen-bond donors (Lipinski definition) is 2. The quantitative estimate of drug-likeness (QED) is 0.639. The van der Waals surface area contributed by atoms with Crippen LogP contribution in [0.3, 0.4) is 0 Å². The third-order valence-electron chi connectivity index (χ3n) is 7.00. The molecule has 3 fully saturated rings. The molecule has 0 saturated carbocycles. The van der Waals surface area contributed by atoms with Crippen LogP contribution in [0.25, 0.3) is 0 Å². The lowest BCUT2D eigenvalue weighted by atomic mass is 9.92. The van der Waals surface area contributed by atoms with E-state index < -0.39 is 0 Å². The van der Waals surface area contributed by atoms with E-state index in [9.17, 15) is 14.4 Å². The summed E-state index contributed by atoms with van der Waals surface area (Å²) in [6.07, 6.45) is 1.21. The number of morpholine rings is 1. The highest BCUT2D eigenvalue weighted by Gasteiger charge is 2.27. The zero-order valence-electron chi connectivity index (χ0n) is 22.6. The van der Waals surface area contributed by atoms with Gasteiger partial charge in [-0.15, -0.1) is 0 Å². The smallest absolute Gasteiger partial charge is 0.320 e. The summed E-state index contributed by atoms with van der Waals surface area (Å²) in [6.45, 7) is 14.2. The Balaban J connectivity index is 1.52. The van der Waals surface area contributed by atoms with E-state index in [1.807, 2.05) is 53.7 Å². The molecule has 1 aromatic rings. The Morgan fingerprint density at radius 3 is 2.30 bits per heavy atom. The van der Waals surface area contributed by atoms with Gasteiger partial charge in [-0.1, -0.05) is 20.8 Å². The largest absolute Gasteiger partial charge is 0.378 e. The molecule has 0 spiro atoms. The third kappa shape index (κ3) is 7.35. The molecule has 3 saturated heterocycles. The summed E-state index contributed by atoms with van der Waals surface area (Å²) in [5.74, 6) is -0.0861. The van der Waals surface area contributed by atoms with E-state index in [2.05, 4.69) is 15.5 Å². The van der Waals surface area contributed by atoms with Crippen molar-refractivity contribution in [3.05, 3.63) is 23.8 Å².